The Morgan fingerprint density at radius 2 is 1.63 bits per heavy atom. The number of nitrogens with zero attached hydrogens (tertiary/aromatic N) is 2. The average Bonchev–Trinajstić information content (AvgIpc) is 3.53. The zero-order valence-corrected chi connectivity index (χ0v) is 23.7. The average molecular weight is 598 g/mol. The van der Waals surface area contributed by atoms with Crippen LogP contribution in [0.4, 0.5) is 40.7 Å². The molecular weight excluding hydrogens is 563 g/mol. The van der Waals surface area contributed by atoms with Crippen molar-refractivity contribution in [1.29, 1.82) is 0 Å². The first-order valence-electron chi connectivity index (χ1n) is 14.1. The molecule has 0 spiro atoms. The topological polar surface area (TPSA) is 95.2 Å². The molecule has 228 valence electrons. The number of carbonyl (C=O) groups excluding carboxylic acids is 2. The number of halogens is 3. The van der Waals surface area contributed by atoms with Crippen LogP contribution in [0.1, 0.15) is 28.8 Å². The first-order valence-corrected chi connectivity index (χ1v) is 14.1. The predicted octanol–water partition coefficient (Wildman–Crippen LogP) is 5.59. The van der Waals surface area contributed by atoms with Crippen LogP contribution in [0.3, 0.4) is 0 Å². The first kappa shape index (κ1) is 30.0. The minimum atomic E-state index is -4.63. The number of para-hydroxylation sites is 3. The minimum Gasteiger partial charge on any atom is -0.495 e. The zero-order valence-electron chi connectivity index (χ0n) is 23.7. The zero-order chi connectivity index (χ0) is 30.4. The number of carbonyl (C=O) groups is 2. The maximum Gasteiger partial charge on any atom is 0.418 e. The van der Waals surface area contributed by atoms with Crippen molar-refractivity contribution in [1.82, 2.24) is 5.32 Å². The van der Waals surface area contributed by atoms with Gasteiger partial charge in [0.15, 0.2) is 0 Å². The van der Waals surface area contributed by atoms with Gasteiger partial charge in [0.2, 0.25) is 0 Å². The van der Waals surface area contributed by atoms with Gasteiger partial charge in [0.1, 0.15) is 5.75 Å². The van der Waals surface area contributed by atoms with Crippen LogP contribution in [0.25, 0.3) is 0 Å². The molecule has 0 aromatic heterocycles. The number of nitrogens with one attached hydrogen (secondary N) is 3. The van der Waals surface area contributed by atoms with Crippen molar-refractivity contribution >= 4 is 34.7 Å². The molecular formula is C31H34F3N5O4. The van der Waals surface area contributed by atoms with Gasteiger partial charge in [0.05, 0.1) is 35.7 Å². The van der Waals surface area contributed by atoms with Crippen molar-refractivity contribution in [3.05, 3.63) is 77.9 Å². The lowest BCUT2D eigenvalue weighted by Crippen LogP contribution is -2.47. The highest BCUT2D eigenvalue weighted by Crippen LogP contribution is 2.35. The maximum atomic E-state index is 13.4. The van der Waals surface area contributed by atoms with Crippen LogP contribution in [-0.2, 0) is 10.9 Å². The van der Waals surface area contributed by atoms with E-state index in [9.17, 15) is 22.8 Å². The summed E-state index contributed by atoms with van der Waals surface area (Å²) in [5, 5.41) is 7.78. The van der Waals surface area contributed by atoms with E-state index in [2.05, 4.69) is 25.8 Å². The fourth-order valence-electron chi connectivity index (χ4n) is 5.38. The van der Waals surface area contributed by atoms with Gasteiger partial charge in [-0.15, -0.1) is 0 Å². The largest absolute Gasteiger partial charge is 0.495 e. The molecule has 3 aromatic rings. The molecule has 1 atom stereocenters. The molecule has 9 nitrogen and oxygen atoms in total. The molecule has 5 rings (SSSR count). The standard InChI is InChI=1S/C31H34F3N5O4/c1-42-28-11-5-4-10-27(28)39-16-14-38(15-17-39)26-13-12-21(19-23(26)29(40)35-20-22-7-6-18-43-22)36-30(41)37-25-9-3-2-8-24(25)31(32,33)34/h2-5,8-13,19,22H,6-7,14-18,20H2,1H3,(H,35,40)(H2,36,37,41). The Balaban J connectivity index is 1.33. The molecule has 2 heterocycles. The molecule has 43 heavy (non-hydrogen) atoms. The maximum absolute atomic E-state index is 13.4. The van der Waals surface area contributed by atoms with Gasteiger partial charge in [-0.1, -0.05) is 24.3 Å². The number of piperazine rings is 1. The van der Waals surface area contributed by atoms with E-state index in [-0.39, 0.29) is 23.4 Å². The van der Waals surface area contributed by atoms with Crippen molar-refractivity contribution in [2.45, 2.75) is 25.1 Å². The van der Waals surface area contributed by atoms with Crippen LogP contribution in [0.5, 0.6) is 5.75 Å². The molecule has 2 fully saturated rings. The summed E-state index contributed by atoms with van der Waals surface area (Å²) < 4.78 is 51.3. The smallest absolute Gasteiger partial charge is 0.418 e. The highest BCUT2D eigenvalue weighted by molar-refractivity contribution is 6.04. The van der Waals surface area contributed by atoms with E-state index < -0.39 is 17.8 Å². The van der Waals surface area contributed by atoms with Crippen molar-refractivity contribution in [2.24, 2.45) is 0 Å². The summed E-state index contributed by atoms with van der Waals surface area (Å²) in [6.07, 6.45) is -2.89. The molecule has 1 unspecified atom stereocenters. The number of benzene rings is 3. The number of ether oxygens (including phenoxy) is 2. The van der Waals surface area contributed by atoms with Gasteiger partial charge in [0, 0.05) is 50.7 Å². The van der Waals surface area contributed by atoms with Gasteiger partial charge in [-0.3, -0.25) is 4.79 Å². The van der Waals surface area contributed by atoms with Gasteiger partial charge in [0.25, 0.3) is 5.91 Å². The molecule has 3 aromatic carbocycles. The predicted molar refractivity (Wildman–Crippen MR) is 159 cm³/mol. The Morgan fingerprint density at radius 1 is 0.930 bits per heavy atom. The molecule has 2 aliphatic rings. The van der Waals surface area contributed by atoms with Crippen LogP contribution in [0.2, 0.25) is 0 Å². The number of methoxy groups -OCH3 is 1. The number of anilines is 4. The van der Waals surface area contributed by atoms with Gasteiger partial charge in [-0.05, 0) is 55.3 Å². The third kappa shape index (κ3) is 7.31. The Hall–Kier alpha value is -4.45. The van der Waals surface area contributed by atoms with Crippen molar-refractivity contribution in [3.8, 4) is 5.75 Å². The van der Waals surface area contributed by atoms with E-state index in [0.29, 0.717) is 50.6 Å². The number of hydrogen-bond donors (Lipinski definition) is 3. The lowest BCUT2D eigenvalue weighted by atomic mass is 10.1. The second-order valence-electron chi connectivity index (χ2n) is 10.3. The summed E-state index contributed by atoms with van der Waals surface area (Å²) in [5.41, 5.74) is 0.973. The number of urea groups is 1. The second-order valence-corrected chi connectivity index (χ2v) is 10.3. The Labute approximate surface area is 247 Å². The van der Waals surface area contributed by atoms with Crippen molar-refractivity contribution in [2.75, 3.05) is 66.9 Å². The fourth-order valence-corrected chi connectivity index (χ4v) is 5.38. The van der Waals surface area contributed by atoms with E-state index in [1.54, 1.807) is 25.3 Å². The van der Waals surface area contributed by atoms with Crippen molar-refractivity contribution in [3.63, 3.8) is 0 Å². The quantitative estimate of drug-likeness (QED) is 0.313. The number of hydrogen-bond acceptors (Lipinski definition) is 6. The third-order valence-electron chi connectivity index (χ3n) is 7.54. The molecule has 2 saturated heterocycles. The Bertz CT molecular complexity index is 1440. The number of alkyl halides is 3. The van der Waals surface area contributed by atoms with Crippen LogP contribution < -0.4 is 30.5 Å². The normalized spacial score (nSPS) is 17.0. The van der Waals surface area contributed by atoms with E-state index in [4.69, 9.17) is 9.47 Å². The van der Waals surface area contributed by atoms with Crippen LogP contribution in [0, 0.1) is 0 Å². The van der Waals surface area contributed by atoms with Crippen molar-refractivity contribution < 1.29 is 32.2 Å². The highest BCUT2D eigenvalue weighted by Gasteiger charge is 2.33. The Kier molecular flexibility index (Phi) is 9.24. The molecule has 0 radical (unpaired) electrons. The van der Waals surface area contributed by atoms with E-state index >= 15 is 0 Å². The molecule has 3 amide bonds. The molecule has 0 saturated carbocycles. The highest BCUT2D eigenvalue weighted by atomic mass is 19.4. The summed E-state index contributed by atoms with van der Waals surface area (Å²) in [6, 6.07) is 16.6. The lowest BCUT2D eigenvalue weighted by molar-refractivity contribution is -0.136. The molecule has 12 heteroatoms. The first-order chi connectivity index (χ1) is 20.7. The van der Waals surface area contributed by atoms with E-state index in [1.165, 1.54) is 18.2 Å². The monoisotopic (exact) mass is 597 g/mol. The fraction of sp³-hybridized carbons (Fsp3) is 0.355. The summed E-state index contributed by atoms with van der Waals surface area (Å²) in [7, 11) is 1.64. The number of amides is 3. The van der Waals surface area contributed by atoms with E-state index in [0.717, 1.165) is 30.3 Å². The number of rotatable bonds is 8. The Morgan fingerprint density at radius 3 is 2.33 bits per heavy atom. The lowest BCUT2D eigenvalue weighted by Gasteiger charge is -2.38. The van der Waals surface area contributed by atoms with Gasteiger partial charge >= 0.3 is 12.2 Å². The third-order valence-corrected chi connectivity index (χ3v) is 7.54. The second kappa shape index (κ2) is 13.2. The summed E-state index contributed by atoms with van der Waals surface area (Å²) >= 11 is 0. The van der Waals surface area contributed by atoms with Crippen LogP contribution in [0.15, 0.2) is 66.7 Å². The molecule has 0 aliphatic carbocycles. The summed E-state index contributed by atoms with van der Waals surface area (Å²) in [5.74, 6) is 0.459. The van der Waals surface area contributed by atoms with Gasteiger partial charge in [-0.25, -0.2) is 4.79 Å². The summed E-state index contributed by atoms with van der Waals surface area (Å²) in [4.78, 5) is 30.5. The minimum absolute atomic E-state index is 0.0578. The SMILES string of the molecule is COc1ccccc1N1CCN(c2ccc(NC(=O)Nc3ccccc3C(F)(F)F)cc2C(=O)NCC2CCCO2)CC1. The van der Waals surface area contributed by atoms with Gasteiger partial charge < -0.3 is 35.2 Å². The summed E-state index contributed by atoms with van der Waals surface area (Å²) in [6.45, 7) is 3.66. The molecule has 3 N–H and O–H groups in total. The van der Waals surface area contributed by atoms with Crippen LogP contribution in [-0.4, -0.2) is 64.5 Å². The molecule has 2 aliphatic heterocycles. The molecule has 0 bridgehead atoms. The van der Waals surface area contributed by atoms with E-state index in [1.807, 2.05) is 24.3 Å². The van der Waals surface area contributed by atoms with Gasteiger partial charge in [-0.2, -0.15) is 13.2 Å². The van der Waals surface area contributed by atoms with Crippen LogP contribution >= 0.6 is 0 Å².